The number of carbonyl (C=O) groups is 1. The number of carboxylic acids is 1. The zero-order valence-corrected chi connectivity index (χ0v) is 7.05. The number of aromatic amines is 1. The molecule has 0 aromatic carbocycles. The van der Waals surface area contributed by atoms with E-state index in [0.29, 0.717) is 5.75 Å². The third kappa shape index (κ3) is 1.78. The molecular weight excluding hydrogens is 158 g/mol. The molecule has 0 unspecified atom stereocenters. The Bertz CT molecular complexity index is 271. The van der Waals surface area contributed by atoms with Crippen molar-refractivity contribution in [1.82, 2.24) is 4.98 Å². The van der Waals surface area contributed by atoms with Gasteiger partial charge < -0.3 is 14.8 Å². The van der Waals surface area contributed by atoms with E-state index in [4.69, 9.17) is 9.84 Å². The highest BCUT2D eigenvalue weighted by atomic mass is 16.5. The number of hydrogen-bond acceptors (Lipinski definition) is 2. The van der Waals surface area contributed by atoms with Crippen molar-refractivity contribution in [2.45, 2.75) is 13.8 Å². The number of nitrogens with one attached hydrogen (secondary N) is 1. The lowest BCUT2D eigenvalue weighted by Crippen LogP contribution is -2.10. The van der Waals surface area contributed by atoms with Gasteiger partial charge in [-0.25, -0.2) is 4.79 Å². The second-order valence-corrected chi connectivity index (χ2v) is 2.61. The van der Waals surface area contributed by atoms with Crippen LogP contribution in [0.25, 0.3) is 0 Å². The molecule has 0 saturated carbocycles. The minimum atomic E-state index is -0.963. The van der Waals surface area contributed by atoms with E-state index >= 15 is 0 Å². The number of carboxylic acid groups (broad SMARTS) is 1. The van der Waals surface area contributed by atoms with Crippen molar-refractivity contribution in [3.8, 4) is 5.75 Å². The fraction of sp³-hybridized carbons (Fsp3) is 0.375. The number of ether oxygens (including phenoxy) is 1. The first-order valence-corrected chi connectivity index (χ1v) is 3.60. The molecule has 66 valence electrons. The van der Waals surface area contributed by atoms with E-state index in [1.807, 2.05) is 13.8 Å². The average molecular weight is 169 g/mol. The third-order valence-electron chi connectivity index (χ3n) is 1.54. The maximum atomic E-state index is 10.2. The molecule has 0 spiro atoms. The molecule has 0 amide bonds. The summed E-state index contributed by atoms with van der Waals surface area (Å²) < 4.78 is 5.04. The minimum Gasteiger partial charge on any atom is -0.480 e. The molecule has 0 radical (unpaired) electrons. The molecular formula is C8H11NO3. The Morgan fingerprint density at radius 3 is 2.75 bits per heavy atom. The van der Waals surface area contributed by atoms with Gasteiger partial charge in [-0.2, -0.15) is 0 Å². The highest BCUT2D eigenvalue weighted by Gasteiger charge is 2.06. The Morgan fingerprint density at radius 1 is 1.67 bits per heavy atom. The van der Waals surface area contributed by atoms with Gasteiger partial charge in [-0.15, -0.1) is 0 Å². The van der Waals surface area contributed by atoms with Crippen molar-refractivity contribution in [2.24, 2.45) is 0 Å². The highest BCUT2D eigenvalue weighted by Crippen LogP contribution is 2.21. The van der Waals surface area contributed by atoms with Gasteiger partial charge in [0, 0.05) is 11.8 Å². The van der Waals surface area contributed by atoms with E-state index in [-0.39, 0.29) is 6.61 Å². The van der Waals surface area contributed by atoms with E-state index in [1.165, 1.54) is 0 Å². The standard InChI is InChI=1S/C8H11NO3/c1-5-3-9-6(2)8(5)12-4-7(10)11/h3,9H,4H2,1-2H3,(H,10,11). The molecule has 1 rings (SSSR count). The van der Waals surface area contributed by atoms with Crippen molar-refractivity contribution in [3.05, 3.63) is 17.5 Å². The van der Waals surface area contributed by atoms with Crippen LogP contribution in [0.5, 0.6) is 5.75 Å². The number of aliphatic carboxylic acids is 1. The fourth-order valence-electron chi connectivity index (χ4n) is 0.999. The van der Waals surface area contributed by atoms with Gasteiger partial charge in [-0.05, 0) is 13.8 Å². The Kier molecular flexibility index (Phi) is 2.38. The van der Waals surface area contributed by atoms with Gasteiger partial charge in [0.1, 0.15) is 5.75 Å². The zero-order chi connectivity index (χ0) is 9.14. The molecule has 4 heteroatoms. The Labute approximate surface area is 70.2 Å². The second-order valence-electron chi connectivity index (χ2n) is 2.61. The van der Waals surface area contributed by atoms with Crippen LogP contribution in [0.4, 0.5) is 0 Å². The number of H-pyrrole nitrogens is 1. The summed E-state index contributed by atoms with van der Waals surface area (Å²) in [5.41, 5.74) is 1.78. The molecule has 1 aromatic heterocycles. The summed E-state index contributed by atoms with van der Waals surface area (Å²) in [6.45, 7) is 3.41. The Hall–Kier alpha value is -1.45. The lowest BCUT2D eigenvalue weighted by molar-refractivity contribution is -0.139. The first-order valence-electron chi connectivity index (χ1n) is 3.60. The summed E-state index contributed by atoms with van der Waals surface area (Å²) in [5, 5.41) is 8.36. The normalized spacial score (nSPS) is 9.83. The van der Waals surface area contributed by atoms with E-state index < -0.39 is 5.97 Å². The molecule has 1 heterocycles. The molecule has 0 saturated heterocycles. The van der Waals surface area contributed by atoms with Gasteiger partial charge in [0.15, 0.2) is 6.61 Å². The summed E-state index contributed by atoms with van der Waals surface area (Å²) in [4.78, 5) is 13.1. The molecule has 12 heavy (non-hydrogen) atoms. The largest absolute Gasteiger partial charge is 0.480 e. The van der Waals surface area contributed by atoms with Crippen molar-refractivity contribution in [1.29, 1.82) is 0 Å². The minimum absolute atomic E-state index is 0.292. The van der Waals surface area contributed by atoms with Gasteiger partial charge in [0.05, 0.1) is 5.69 Å². The maximum absolute atomic E-state index is 10.2. The van der Waals surface area contributed by atoms with E-state index in [2.05, 4.69) is 4.98 Å². The quantitative estimate of drug-likeness (QED) is 0.712. The average Bonchev–Trinajstić information content (AvgIpc) is 2.28. The van der Waals surface area contributed by atoms with E-state index in [9.17, 15) is 4.79 Å². The highest BCUT2D eigenvalue weighted by molar-refractivity contribution is 5.68. The maximum Gasteiger partial charge on any atom is 0.341 e. The predicted molar refractivity (Wildman–Crippen MR) is 43.4 cm³/mol. The molecule has 0 aliphatic heterocycles. The topological polar surface area (TPSA) is 62.3 Å². The molecule has 0 fully saturated rings. The van der Waals surface area contributed by atoms with Crippen LogP contribution in [-0.2, 0) is 4.79 Å². The lowest BCUT2D eigenvalue weighted by Gasteiger charge is -2.02. The van der Waals surface area contributed by atoms with Crippen LogP contribution in [0.3, 0.4) is 0 Å². The number of aryl methyl sites for hydroxylation is 2. The second kappa shape index (κ2) is 3.30. The smallest absolute Gasteiger partial charge is 0.341 e. The molecule has 0 atom stereocenters. The van der Waals surface area contributed by atoms with Crippen molar-refractivity contribution in [3.63, 3.8) is 0 Å². The van der Waals surface area contributed by atoms with E-state index in [0.717, 1.165) is 11.3 Å². The molecule has 2 N–H and O–H groups in total. The van der Waals surface area contributed by atoms with Crippen LogP contribution in [0.15, 0.2) is 6.20 Å². The molecule has 0 bridgehead atoms. The van der Waals surface area contributed by atoms with Gasteiger partial charge in [-0.3, -0.25) is 0 Å². The van der Waals surface area contributed by atoms with Crippen molar-refractivity contribution in [2.75, 3.05) is 6.61 Å². The van der Waals surface area contributed by atoms with Gasteiger partial charge in [-0.1, -0.05) is 0 Å². The first kappa shape index (κ1) is 8.64. The SMILES string of the molecule is Cc1c[nH]c(C)c1OCC(=O)O. The van der Waals surface area contributed by atoms with Crippen LogP contribution in [0.2, 0.25) is 0 Å². The molecule has 0 aliphatic rings. The predicted octanol–water partition coefficient (Wildman–Crippen LogP) is 1.09. The van der Waals surface area contributed by atoms with Crippen LogP contribution < -0.4 is 4.74 Å². The summed E-state index contributed by atoms with van der Waals surface area (Å²) >= 11 is 0. The van der Waals surface area contributed by atoms with Crippen LogP contribution in [0.1, 0.15) is 11.3 Å². The summed E-state index contributed by atoms with van der Waals surface area (Å²) in [7, 11) is 0. The van der Waals surface area contributed by atoms with E-state index in [1.54, 1.807) is 6.20 Å². The summed E-state index contributed by atoms with van der Waals surface area (Å²) in [6, 6.07) is 0. The monoisotopic (exact) mass is 169 g/mol. The lowest BCUT2D eigenvalue weighted by atomic mass is 10.3. The van der Waals surface area contributed by atoms with Crippen molar-refractivity contribution >= 4 is 5.97 Å². The molecule has 4 nitrogen and oxygen atoms in total. The third-order valence-corrected chi connectivity index (χ3v) is 1.54. The van der Waals surface area contributed by atoms with Gasteiger partial charge in [0.2, 0.25) is 0 Å². The molecule has 1 aromatic rings. The summed E-state index contributed by atoms with van der Waals surface area (Å²) in [6.07, 6.45) is 1.78. The summed E-state index contributed by atoms with van der Waals surface area (Å²) in [5.74, 6) is -0.326. The number of rotatable bonds is 3. The fourth-order valence-corrected chi connectivity index (χ4v) is 0.999. The Morgan fingerprint density at radius 2 is 2.33 bits per heavy atom. The van der Waals surface area contributed by atoms with Crippen LogP contribution in [0, 0.1) is 13.8 Å². The van der Waals surface area contributed by atoms with Crippen LogP contribution in [-0.4, -0.2) is 22.7 Å². The number of aromatic nitrogens is 1. The zero-order valence-electron chi connectivity index (χ0n) is 7.05. The van der Waals surface area contributed by atoms with Gasteiger partial charge >= 0.3 is 5.97 Å². The number of hydrogen-bond donors (Lipinski definition) is 2. The van der Waals surface area contributed by atoms with Crippen LogP contribution >= 0.6 is 0 Å². The Balaban J connectivity index is 2.68. The van der Waals surface area contributed by atoms with Crippen molar-refractivity contribution < 1.29 is 14.6 Å². The molecule has 0 aliphatic carbocycles. The first-order chi connectivity index (χ1) is 5.61. The van der Waals surface area contributed by atoms with Gasteiger partial charge in [0.25, 0.3) is 0 Å².